The molecule has 20 heavy (non-hydrogen) atoms. The summed E-state index contributed by atoms with van der Waals surface area (Å²) in [5.74, 6) is -0.181. The van der Waals surface area contributed by atoms with Gasteiger partial charge in [0.1, 0.15) is 11.4 Å². The highest BCUT2D eigenvalue weighted by Gasteiger charge is 2.13. The minimum Gasteiger partial charge on any atom is -0.453 e. The second-order valence-electron chi connectivity index (χ2n) is 4.54. The Hall–Kier alpha value is -2.49. The van der Waals surface area contributed by atoms with Crippen molar-refractivity contribution >= 4 is 16.8 Å². The minimum atomic E-state index is -0.342. The number of nitrogens with zero attached hydrogens (tertiary/aromatic N) is 1. The van der Waals surface area contributed by atoms with E-state index in [1.807, 2.05) is 18.2 Å². The molecule has 0 saturated heterocycles. The molecule has 3 aromatic rings. The monoisotopic (exact) mass is 269 g/mol. The largest absolute Gasteiger partial charge is 0.453 e. The van der Waals surface area contributed by atoms with Gasteiger partial charge in [-0.25, -0.2) is 4.39 Å². The molecule has 0 unspecified atom stereocenters. The third kappa shape index (κ3) is 2.59. The quantitative estimate of drug-likeness (QED) is 0.677. The van der Waals surface area contributed by atoms with Crippen LogP contribution in [-0.4, -0.2) is 10.8 Å². The van der Waals surface area contributed by atoms with Gasteiger partial charge < -0.3 is 4.42 Å². The first-order valence-electron chi connectivity index (χ1n) is 6.34. The maximum Gasteiger partial charge on any atom is 0.198 e. The lowest BCUT2D eigenvalue weighted by molar-refractivity contribution is 0.0958. The van der Waals surface area contributed by atoms with Crippen molar-refractivity contribution in [1.29, 1.82) is 0 Å². The summed E-state index contributed by atoms with van der Waals surface area (Å²) in [6.07, 6.45) is 2.58. The van der Waals surface area contributed by atoms with Gasteiger partial charge in [-0.1, -0.05) is 6.07 Å². The highest BCUT2D eigenvalue weighted by Crippen LogP contribution is 2.21. The van der Waals surface area contributed by atoms with Gasteiger partial charge in [-0.3, -0.25) is 9.78 Å². The van der Waals surface area contributed by atoms with Gasteiger partial charge in [0.15, 0.2) is 11.5 Å². The van der Waals surface area contributed by atoms with E-state index in [9.17, 15) is 9.18 Å². The molecule has 0 bridgehead atoms. The van der Waals surface area contributed by atoms with E-state index in [4.69, 9.17) is 4.42 Å². The number of fused-ring (bicyclic) bond motifs is 1. The molecule has 1 aromatic carbocycles. The summed E-state index contributed by atoms with van der Waals surface area (Å²) in [6, 6.07) is 11.4. The Balaban J connectivity index is 1.75. The number of rotatable bonds is 4. The number of aryl methyl sites for hydroxylation is 1. The number of carbonyl (C=O) groups is 1. The summed E-state index contributed by atoms with van der Waals surface area (Å²) in [5, 5.41) is 0.603. The zero-order valence-electron chi connectivity index (χ0n) is 10.7. The van der Waals surface area contributed by atoms with Crippen molar-refractivity contribution in [3.8, 4) is 0 Å². The van der Waals surface area contributed by atoms with Gasteiger partial charge in [0.05, 0.1) is 0 Å². The van der Waals surface area contributed by atoms with Gasteiger partial charge >= 0.3 is 0 Å². The highest BCUT2D eigenvalue weighted by atomic mass is 19.1. The SMILES string of the molecule is O=C(CCc1ccccn1)c1cc2cc(F)ccc2o1. The van der Waals surface area contributed by atoms with Crippen molar-refractivity contribution in [2.75, 3.05) is 0 Å². The van der Waals surface area contributed by atoms with E-state index in [1.54, 1.807) is 12.3 Å². The number of furan rings is 1. The molecular formula is C16H12FNO2. The predicted octanol–water partition coefficient (Wildman–Crippen LogP) is 3.78. The smallest absolute Gasteiger partial charge is 0.198 e. The topological polar surface area (TPSA) is 43.1 Å². The average Bonchev–Trinajstić information content (AvgIpc) is 2.89. The van der Waals surface area contributed by atoms with Gasteiger partial charge in [0.25, 0.3) is 0 Å². The molecule has 3 nitrogen and oxygen atoms in total. The second-order valence-corrected chi connectivity index (χ2v) is 4.54. The fourth-order valence-corrected chi connectivity index (χ4v) is 2.06. The zero-order chi connectivity index (χ0) is 13.9. The first-order valence-corrected chi connectivity index (χ1v) is 6.34. The molecule has 0 aliphatic rings. The molecular weight excluding hydrogens is 257 g/mol. The van der Waals surface area contributed by atoms with Crippen LogP contribution in [0.3, 0.4) is 0 Å². The summed E-state index contributed by atoms with van der Waals surface area (Å²) in [7, 11) is 0. The van der Waals surface area contributed by atoms with Crippen molar-refractivity contribution in [2.24, 2.45) is 0 Å². The van der Waals surface area contributed by atoms with Crippen LogP contribution in [-0.2, 0) is 6.42 Å². The van der Waals surface area contributed by atoms with Crippen LogP contribution >= 0.6 is 0 Å². The Bertz CT molecular complexity index is 750. The van der Waals surface area contributed by atoms with Crippen LogP contribution in [0.25, 0.3) is 11.0 Å². The van der Waals surface area contributed by atoms with E-state index in [0.717, 1.165) is 5.69 Å². The number of carbonyl (C=O) groups excluding carboxylic acids is 1. The fourth-order valence-electron chi connectivity index (χ4n) is 2.06. The molecule has 0 saturated carbocycles. The molecule has 0 atom stereocenters. The molecule has 0 radical (unpaired) electrons. The molecule has 100 valence electrons. The Kier molecular flexibility index (Phi) is 3.29. The van der Waals surface area contributed by atoms with Gasteiger partial charge in [-0.05, 0) is 42.8 Å². The Morgan fingerprint density at radius 1 is 1.20 bits per heavy atom. The van der Waals surface area contributed by atoms with E-state index in [0.29, 0.717) is 23.8 Å². The van der Waals surface area contributed by atoms with Crippen LogP contribution in [0.5, 0.6) is 0 Å². The number of ketones is 1. The third-order valence-corrected chi connectivity index (χ3v) is 3.09. The van der Waals surface area contributed by atoms with Crippen molar-refractivity contribution in [3.05, 3.63) is 65.9 Å². The van der Waals surface area contributed by atoms with E-state index in [1.165, 1.54) is 18.2 Å². The molecule has 3 rings (SSSR count). The number of hydrogen-bond donors (Lipinski definition) is 0. The molecule has 0 aliphatic carbocycles. The second kappa shape index (κ2) is 5.25. The summed E-state index contributed by atoms with van der Waals surface area (Å²) in [5.41, 5.74) is 1.38. The molecule has 2 heterocycles. The standard InChI is InChI=1S/C16H12FNO2/c17-12-4-7-15-11(9-12)10-16(20-15)14(19)6-5-13-3-1-2-8-18-13/h1-4,7-10H,5-6H2. The molecule has 4 heteroatoms. The van der Waals surface area contributed by atoms with E-state index in [-0.39, 0.29) is 17.4 Å². The van der Waals surface area contributed by atoms with Crippen LogP contribution < -0.4 is 0 Å². The number of hydrogen-bond acceptors (Lipinski definition) is 3. The predicted molar refractivity (Wildman–Crippen MR) is 73.1 cm³/mol. The maximum atomic E-state index is 13.1. The van der Waals surface area contributed by atoms with E-state index >= 15 is 0 Å². The van der Waals surface area contributed by atoms with Gasteiger partial charge in [-0.15, -0.1) is 0 Å². The zero-order valence-corrected chi connectivity index (χ0v) is 10.7. The van der Waals surface area contributed by atoms with E-state index < -0.39 is 0 Å². The molecule has 0 N–H and O–H groups in total. The van der Waals surface area contributed by atoms with Gasteiger partial charge in [0, 0.05) is 23.7 Å². The van der Waals surface area contributed by atoms with Crippen LogP contribution in [0.1, 0.15) is 22.7 Å². The summed E-state index contributed by atoms with van der Waals surface area (Å²) in [6.45, 7) is 0. The molecule has 0 spiro atoms. The number of benzene rings is 1. The number of pyridine rings is 1. The lowest BCUT2D eigenvalue weighted by atomic mass is 10.1. The molecule has 0 aliphatic heterocycles. The number of halogens is 1. The lowest BCUT2D eigenvalue weighted by Gasteiger charge is -1.97. The molecule has 0 fully saturated rings. The Labute approximate surface area is 115 Å². The van der Waals surface area contributed by atoms with E-state index in [2.05, 4.69) is 4.98 Å². The van der Waals surface area contributed by atoms with Gasteiger partial charge in [0.2, 0.25) is 0 Å². The van der Waals surface area contributed by atoms with Crippen molar-refractivity contribution in [3.63, 3.8) is 0 Å². The fraction of sp³-hybridized carbons (Fsp3) is 0.125. The Morgan fingerprint density at radius 2 is 2.10 bits per heavy atom. The first-order chi connectivity index (χ1) is 9.72. The molecule has 0 amide bonds. The normalized spacial score (nSPS) is 10.8. The van der Waals surface area contributed by atoms with Crippen LogP contribution in [0.15, 0.2) is 53.1 Å². The van der Waals surface area contributed by atoms with Crippen molar-refractivity contribution in [1.82, 2.24) is 4.98 Å². The maximum absolute atomic E-state index is 13.1. The first kappa shape index (κ1) is 12.5. The van der Waals surface area contributed by atoms with Crippen LogP contribution in [0, 0.1) is 5.82 Å². The van der Waals surface area contributed by atoms with Crippen LogP contribution in [0.4, 0.5) is 4.39 Å². The summed E-state index contributed by atoms with van der Waals surface area (Å²) in [4.78, 5) is 16.2. The third-order valence-electron chi connectivity index (χ3n) is 3.09. The van der Waals surface area contributed by atoms with Crippen molar-refractivity contribution < 1.29 is 13.6 Å². The van der Waals surface area contributed by atoms with Crippen molar-refractivity contribution in [2.45, 2.75) is 12.8 Å². The number of aromatic nitrogens is 1. The summed E-state index contributed by atoms with van der Waals surface area (Å²) < 4.78 is 18.5. The minimum absolute atomic E-state index is 0.104. The van der Waals surface area contributed by atoms with Gasteiger partial charge in [-0.2, -0.15) is 0 Å². The summed E-state index contributed by atoms with van der Waals surface area (Å²) >= 11 is 0. The number of Topliss-reactive ketones (excluding diaryl/α,β-unsaturated/α-hetero) is 1. The lowest BCUT2D eigenvalue weighted by Crippen LogP contribution is -2.00. The average molecular weight is 269 g/mol. The Morgan fingerprint density at radius 3 is 2.90 bits per heavy atom. The van der Waals surface area contributed by atoms with Crippen LogP contribution in [0.2, 0.25) is 0 Å². The highest BCUT2D eigenvalue weighted by molar-refractivity contribution is 5.97. The molecule has 2 aromatic heterocycles.